The zero-order chi connectivity index (χ0) is 13.7. The number of nitrogens with one attached hydrogen (secondary N) is 1. The van der Waals surface area contributed by atoms with Crippen molar-refractivity contribution >= 4 is 5.91 Å². The summed E-state index contributed by atoms with van der Waals surface area (Å²) in [6, 6.07) is 5.65. The van der Waals surface area contributed by atoms with Gasteiger partial charge in [0.1, 0.15) is 0 Å². The zero-order valence-electron chi connectivity index (χ0n) is 11.2. The summed E-state index contributed by atoms with van der Waals surface area (Å²) >= 11 is 0. The molecular formula is C14H18N4O. The molecule has 0 aliphatic heterocycles. The molecule has 0 bridgehead atoms. The number of aromatic nitrogens is 3. The third kappa shape index (κ3) is 3.19. The third-order valence-corrected chi connectivity index (χ3v) is 3.10. The Bertz CT molecular complexity index is 536. The van der Waals surface area contributed by atoms with Gasteiger partial charge in [-0.1, -0.05) is 19.9 Å². The molecule has 2 rings (SSSR count). The van der Waals surface area contributed by atoms with Crippen molar-refractivity contribution in [1.29, 1.82) is 0 Å². The van der Waals surface area contributed by atoms with Crippen molar-refractivity contribution in [3.63, 3.8) is 0 Å². The normalized spacial score (nSPS) is 12.1. The summed E-state index contributed by atoms with van der Waals surface area (Å²) in [5.41, 5.74) is 0.947. The van der Waals surface area contributed by atoms with Crippen LogP contribution in [0.1, 0.15) is 25.8 Å². The van der Waals surface area contributed by atoms with E-state index in [1.54, 1.807) is 17.1 Å². The first-order valence-electron chi connectivity index (χ1n) is 6.44. The van der Waals surface area contributed by atoms with E-state index in [9.17, 15) is 4.79 Å². The first kappa shape index (κ1) is 13.3. The van der Waals surface area contributed by atoms with Gasteiger partial charge in [0.2, 0.25) is 5.91 Å². The molecule has 100 valence electrons. The van der Waals surface area contributed by atoms with Crippen LogP contribution >= 0.6 is 0 Å². The Morgan fingerprint density at radius 2 is 2.26 bits per heavy atom. The molecule has 0 fully saturated rings. The highest BCUT2D eigenvalue weighted by atomic mass is 16.1. The van der Waals surface area contributed by atoms with Gasteiger partial charge in [0.05, 0.1) is 0 Å². The minimum atomic E-state index is 0.0322. The average molecular weight is 258 g/mol. The number of rotatable bonds is 5. The van der Waals surface area contributed by atoms with Gasteiger partial charge in [0.25, 0.3) is 0 Å². The summed E-state index contributed by atoms with van der Waals surface area (Å²) in [7, 11) is 0. The van der Waals surface area contributed by atoms with Crippen LogP contribution in [0.5, 0.6) is 0 Å². The van der Waals surface area contributed by atoms with Crippen LogP contribution in [0, 0.1) is 5.92 Å². The summed E-state index contributed by atoms with van der Waals surface area (Å²) in [5, 5.41) is 7.10. The Morgan fingerprint density at radius 3 is 2.95 bits per heavy atom. The molecule has 0 spiro atoms. The number of hydrogen-bond donors (Lipinski definition) is 1. The molecule has 2 aromatic rings. The van der Waals surface area contributed by atoms with Crippen molar-refractivity contribution < 1.29 is 4.79 Å². The summed E-state index contributed by atoms with van der Waals surface area (Å²) in [6.45, 7) is 4.39. The molecule has 2 heterocycles. The fourth-order valence-electron chi connectivity index (χ4n) is 1.71. The molecule has 1 amide bonds. The van der Waals surface area contributed by atoms with Crippen LogP contribution < -0.4 is 5.32 Å². The number of pyridine rings is 1. The Morgan fingerprint density at radius 1 is 1.42 bits per heavy atom. The summed E-state index contributed by atoms with van der Waals surface area (Å²) < 4.78 is 1.70. The van der Waals surface area contributed by atoms with Gasteiger partial charge in [-0.15, -0.1) is 0 Å². The third-order valence-electron chi connectivity index (χ3n) is 3.10. The van der Waals surface area contributed by atoms with Gasteiger partial charge in [-0.05, 0) is 18.6 Å². The monoisotopic (exact) mass is 258 g/mol. The quantitative estimate of drug-likeness (QED) is 0.891. The lowest BCUT2D eigenvalue weighted by atomic mass is 10.1. The minimum absolute atomic E-state index is 0.0322. The number of carbonyl (C=O) groups is 1. The first-order chi connectivity index (χ1) is 9.22. The first-order valence-corrected chi connectivity index (χ1v) is 6.44. The van der Waals surface area contributed by atoms with Crippen LogP contribution in [0.15, 0.2) is 36.8 Å². The smallest absolute Gasteiger partial charge is 0.223 e. The van der Waals surface area contributed by atoms with E-state index < -0.39 is 0 Å². The molecule has 0 radical (unpaired) electrons. The van der Waals surface area contributed by atoms with Gasteiger partial charge in [-0.25, -0.2) is 9.67 Å². The van der Waals surface area contributed by atoms with E-state index >= 15 is 0 Å². The molecule has 1 unspecified atom stereocenters. The number of amides is 1. The second-order valence-electron chi connectivity index (χ2n) is 4.46. The molecule has 1 N–H and O–H groups in total. The fraction of sp³-hybridized carbons (Fsp3) is 0.357. The second kappa shape index (κ2) is 6.13. The summed E-state index contributed by atoms with van der Waals surface area (Å²) in [4.78, 5) is 16.1. The number of carbonyl (C=O) groups excluding carboxylic acids is 1. The molecule has 5 heteroatoms. The van der Waals surface area contributed by atoms with E-state index in [4.69, 9.17) is 0 Å². The minimum Gasteiger partial charge on any atom is -0.352 e. The number of nitrogens with zero attached hydrogens (tertiary/aromatic N) is 3. The molecule has 2 aromatic heterocycles. The van der Waals surface area contributed by atoms with Gasteiger partial charge < -0.3 is 5.32 Å². The highest BCUT2D eigenvalue weighted by Crippen LogP contribution is 2.10. The van der Waals surface area contributed by atoms with Gasteiger partial charge in [-0.3, -0.25) is 4.79 Å². The average Bonchev–Trinajstić information content (AvgIpc) is 2.98. The van der Waals surface area contributed by atoms with Crippen molar-refractivity contribution in [2.45, 2.75) is 26.8 Å². The molecule has 0 aromatic carbocycles. The van der Waals surface area contributed by atoms with Crippen LogP contribution in [-0.4, -0.2) is 20.7 Å². The predicted molar refractivity (Wildman–Crippen MR) is 72.7 cm³/mol. The molecular weight excluding hydrogens is 240 g/mol. The standard InChI is InChI=1S/C14H18N4O/c1-3-11(2)14(19)16-10-12-6-4-7-15-13(12)18-9-5-8-17-18/h4-9,11H,3,10H2,1-2H3,(H,16,19). The molecule has 0 aliphatic carbocycles. The Balaban J connectivity index is 2.11. The molecule has 0 aliphatic rings. The zero-order valence-corrected chi connectivity index (χ0v) is 11.2. The van der Waals surface area contributed by atoms with Crippen molar-refractivity contribution in [3.05, 3.63) is 42.4 Å². The van der Waals surface area contributed by atoms with Crippen LogP contribution in [0.3, 0.4) is 0 Å². The van der Waals surface area contributed by atoms with Crippen molar-refractivity contribution in [2.24, 2.45) is 5.92 Å². The van der Waals surface area contributed by atoms with Crippen LogP contribution in [-0.2, 0) is 11.3 Å². The maximum Gasteiger partial charge on any atom is 0.223 e. The van der Waals surface area contributed by atoms with Crippen LogP contribution in [0.2, 0.25) is 0 Å². The Hall–Kier alpha value is -2.17. The number of hydrogen-bond acceptors (Lipinski definition) is 3. The van der Waals surface area contributed by atoms with Gasteiger partial charge in [-0.2, -0.15) is 5.10 Å². The molecule has 19 heavy (non-hydrogen) atoms. The SMILES string of the molecule is CCC(C)C(=O)NCc1cccnc1-n1cccn1. The van der Waals surface area contributed by atoms with Crippen molar-refractivity contribution in [1.82, 2.24) is 20.1 Å². The van der Waals surface area contributed by atoms with E-state index in [1.165, 1.54) is 0 Å². The topological polar surface area (TPSA) is 59.8 Å². The van der Waals surface area contributed by atoms with E-state index in [2.05, 4.69) is 15.4 Å². The van der Waals surface area contributed by atoms with E-state index in [0.29, 0.717) is 6.54 Å². The highest BCUT2D eigenvalue weighted by molar-refractivity contribution is 5.78. The van der Waals surface area contributed by atoms with E-state index in [1.807, 2.05) is 38.2 Å². The van der Waals surface area contributed by atoms with Gasteiger partial charge in [0, 0.05) is 36.6 Å². The summed E-state index contributed by atoms with van der Waals surface area (Å²) in [6.07, 6.45) is 6.10. The second-order valence-corrected chi connectivity index (χ2v) is 4.46. The molecule has 5 nitrogen and oxygen atoms in total. The molecule has 0 saturated carbocycles. The molecule has 0 saturated heterocycles. The lowest BCUT2D eigenvalue weighted by molar-refractivity contribution is -0.124. The molecule has 1 atom stereocenters. The van der Waals surface area contributed by atoms with Crippen LogP contribution in [0.25, 0.3) is 5.82 Å². The fourth-order valence-corrected chi connectivity index (χ4v) is 1.71. The lowest BCUT2D eigenvalue weighted by Gasteiger charge is -2.12. The Labute approximate surface area is 112 Å². The lowest BCUT2D eigenvalue weighted by Crippen LogP contribution is -2.28. The van der Waals surface area contributed by atoms with E-state index in [-0.39, 0.29) is 11.8 Å². The van der Waals surface area contributed by atoms with Crippen molar-refractivity contribution in [3.8, 4) is 5.82 Å². The van der Waals surface area contributed by atoms with E-state index in [0.717, 1.165) is 17.8 Å². The Kier molecular flexibility index (Phi) is 4.28. The maximum atomic E-state index is 11.8. The highest BCUT2D eigenvalue weighted by Gasteiger charge is 2.11. The van der Waals surface area contributed by atoms with Gasteiger partial charge >= 0.3 is 0 Å². The predicted octanol–water partition coefficient (Wildman–Crippen LogP) is 1.93. The summed E-state index contributed by atoms with van der Waals surface area (Å²) in [5.74, 6) is 0.847. The van der Waals surface area contributed by atoms with Crippen LogP contribution in [0.4, 0.5) is 0 Å². The maximum absolute atomic E-state index is 11.8. The van der Waals surface area contributed by atoms with Crippen molar-refractivity contribution in [2.75, 3.05) is 0 Å². The van der Waals surface area contributed by atoms with Gasteiger partial charge in [0.15, 0.2) is 5.82 Å². The largest absolute Gasteiger partial charge is 0.352 e.